The molecule has 6 nitrogen and oxygen atoms in total. The number of nitrogens with zero attached hydrogens (tertiary/aromatic N) is 3. The summed E-state index contributed by atoms with van der Waals surface area (Å²) in [4.78, 5) is 2.25. The molecular formula is C15H21N3O3S. The first kappa shape index (κ1) is 16.7. The van der Waals surface area contributed by atoms with Crippen molar-refractivity contribution in [2.45, 2.75) is 17.5 Å². The number of aryl methyl sites for hydroxylation is 1. The highest BCUT2D eigenvalue weighted by Crippen LogP contribution is 2.18. The van der Waals surface area contributed by atoms with Gasteiger partial charge < -0.3 is 5.11 Å². The van der Waals surface area contributed by atoms with Crippen molar-refractivity contribution in [3.63, 3.8) is 0 Å². The van der Waals surface area contributed by atoms with Gasteiger partial charge in [-0.1, -0.05) is 12.1 Å². The van der Waals surface area contributed by atoms with Gasteiger partial charge in [0.05, 0.1) is 17.2 Å². The fourth-order valence-corrected chi connectivity index (χ4v) is 2.90. The molecule has 1 N–H and O–H groups in total. The number of hydrogen-bond acceptors (Lipinski definition) is 5. The molecule has 2 aromatic rings. The molecule has 2 rings (SSSR count). The van der Waals surface area contributed by atoms with E-state index in [0.717, 1.165) is 5.56 Å². The number of aliphatic hydroxyl groups excluding tert-OH is 1. The molecule has 0 fully saturated rings. The molecule has 0 saturated carbocycles. The van der Waals surface area contributed by atoms with Gasteiger partial charge in [0.15, 0.2) is 9.84 Å². The summed E-state index contributed by atoms with van der Waals surface area (Å²) < 4.78 is 24.6. The molecule has 0 radical (unpaired) electrons. The zero-order valence-electron chi connectivity index (χ0n) is 13.0. The predicted molar refractivity (Wildman–Crippen MR) is 84.1 cm³/mol. The molecule has 0 saturated heterocycles. The fraction of sp³-hybridized carbons (Fsp3) is 0.400. The van der Waals surface area contributed by atoms with Crippen molar-refractivity contribution in [1.82, 2.24) is 14.7 Å². The van der Waals surface area contributed by atoms with Crippen molar-refractivity contribution in [2.75, 3.05) is 19.8 Å². The van der Waals surface area contributed by atoms with Crippen LogP contribution in [0, 0.1) is 0 Å². The summed E-state index contributed by atoms with van der Waals surface area (Å²) in [5.74, 6) is 0. The Bertz CT molecular complexity index is 723. The summed E-state index contributed by atoms with van der Waals surface area (Å²) in [6, 6.07) is 6.35. The van der Waals surface area contributed by atoms with Gasteiger partial charge in [-0.25, -0.2) is 8.42 Å². The number of hydrogen-bond donors (Lipinski definition) is 1. The van der Waals surface area contributed by atoms with Crippen molar-refractivity contribution >= 4 is 9.84 Å². The molecule has 0 aliphatic heterocycles. The van der Waals surface area contributed by atoms with Gasteiger partial charge in [0.1, 0.15) is 0 Å². The lowest BCUT2D eigenvalue weighted by Crippen LogP contribution is -2.24. The van der Waals surface area contributed by atoms with E-state index in [1.807, 2.05) is 25.2 Å². The van der Waals surface area contributed by atoms with E-state index in [0.29, 0.717) is 18.7 Å². The summed E-state index contributed by atoms with van der Waals surface area (Å²) in [5, 5.41) is 14.4. The molecule has 1 atom stereocenters. The van der Waals surface area contributed by atoms with Crippen LogP contribution in [0.25, 0.3) is 0 Å². The van der Waals surface area contributed by atoms with Crippen molar-refractivity contribution < 1.29 is 13.5 Å². The zero-order chi connectivity index (χ0) is 16.3. The van der Waals surface area contributed by atoms with Crippen LogP contribution in [0.2, 0.25) is 0 Å². The van der Waals surface area contributed by atoms with Gasteiger partial charge in [-0.3, -0.25) is 9.58 Å². The molecule has 120 valence electrons. The van der Waals surface area contributed by atoms with Crippen molar-refractivity contribution in [1.29, 1.82) is 0 Å². The lowest BCUT2D eigenvalue weighted by Gasteiger charge is -2.20. The first-order chi connectivity index (χ1) is 10.3. The van der Waals surface area contributed by atoms with Gasteiger partial charge in [0, 0.05) is 38.2 Å². The van der Waals surface area contributed by atoms with E-state index in [2.05, 4.69) is 5.10 Å². The first-order valence-corrected chi connectivity index (χ1v) is 8.79. The van der Waals surface area contributed by atoms with Gasteiger partial charge >= 0.3 is 0 Å². The van der Waals surface area contributed by atoms with E-state index in [9.17, 15) is 13.5 Å². The zero-order valence-corrected chi connectivity index (χ0v) is 13.8. The van der Waals surface area contributed by atoms with Crippen LogP contribution in [0.4, 0.5) is 0 Å². The third-order valence-electron chi connectivity index (χ3n) is 3.39. The molecule has 0 amide bonds. The molecule has 1 aromatic carbocycles. The van der Waals surface area contributed by atoms with E-state index in [4.69, 9.17) is 0 Å². The van der Waals surface area contributed by atoms with E-state index in [1.54, 1.807) is 23.0 Å². The second kappa shape index (κ2) is 6.60. The summed E-state index contributed by atoms with van der Waals surface area (Å²) in [5.41, 5.74) is 1.77. The molecular weight excluding hydrogens is 302 g/mol. The maximum atomic E-state index is 11.4. The number of aromatic nitrogens is 2. The Kier molecular flexibility index (Phi) is 5.00. The van der Waals surface area contributed by atoms with Crippen molar-refractivity contribution in [3.05, 3.63) is 47.8 Å². The van der Waals surface area contributed by atoms with Gasteiger partial charge in [0.2, 0.25) is 0 Å². The van der Waals surface area contributed by atoms with E-state index in [-0.39, 0.29) is 4.90 Å². The minimum Gasteiger partial charge on any atom is -0.387 e. The van der Waals surface area contributed by atoms with Crippen LogP contribution in [-0.4, -0.2) is 48.1 Å². The van der Waals surface area contributed by atoms with Crippen LogP contribution in [-0.2, 0) is 23.4 Å². The Hall–Kier alpha value is -1.70. The van der Waals surface area contributed by atoms with Crippen LogP contribution >= 0.6 is 0 Å². The standard InChI is InChI=1S/C15H21N3O3S/c1-17(9-12-8-16-18(2)10-12)11-15(19)13-4-6-14(7-5-13)22(3,20)21/h4-8,10,15,19H,9,11H2,1-3H3. The number of sulfone groups is 1. The highest BCUT2D eigenvalue weighted by atomic mass is 32.2. The molecule has 0 spiro atoms. The molecule has 1 aromatic heterocycles. The fourth-order valence-electron chi connectivity index (χ4n) is 2.27. The second-order valence-corrected chi connectivity index (χ2v) is 7.59. The average molecular weight is 323 g/mol. The Morgan fingerprint density at radius 1 is 1.32 bits per heavy atom. The number of benzene rings is 1. The maximum Gasteiger partial charge on any atom is 0.175 e. The van der Waals surface area contributed by atoms with Crippen LogP contribution in [0.3, 0.4) is 0 Å². The number of aliphatic hydroxyl groups is 1. The van der Waals surface area contributed by atoms with Gasteiger partial charge in [-0.15, -0.1) is 0 Å². The Labute approximate surface area is 130 Å². The van der Waals surface area contributed by atoms with Crippen LogP contribution in [0.1, 0.15) is 17.2 Å². The molecule has 0 aliphatic carbocycles. The summed E-state index contributed by atoms with van der Waals surface area (Å²) >= 11 is 0. The summed E-state index contributed by atoms with van der Waals surface area (Å²) in [6.45, 7) is 1.14. The summed E-state index contributed by atoms with van der Waals surface area (Å²) in [6.07, 6.45) is 4.23. The number of likely N-dealkylation sites (N-methyl/N-ethyl adjacent to an activating group) is 1. The monoisotopic (exact) mass is 323 g/mol. The highest BCUT2D eigenvalue weighted by Gasteiger charge is 2.13. The van der Waals surface area contributed by atoms with E-state index < -0.39 is 15.9 Å². The normalized spacial score (nSPS) is 13.5. The van der Waals surface area contributed by atoms with Crippen LogP contribution in [0.15, 0.2) is 41.6 Å². The molecule has 1 heterocycles. The number of rotatable bonds is 6. The second-order valence-electron chi connectivity index (χ2n) is 5.58. The van der Waals surface area contributed by atoms with Gasteiger partial charge in [-0.05, 0) is 24.7 Å². The topological polar surface area (TPSA) is 75.4 Å². The first-order valence-electron chi connectivity index (χ1n) is 6.90. The highest BCUT2D eigenvalue weighted by molar-refractivity contribution is 7.90. The molecule has 1 unspecified atom stereocenters. The minimum absolute atomic E-state index is 0.257. The molecule has 22 heavy (non-hydrogen) atoms. The molecule has 0 aliphatic rings. The largest absolute Gasteiger partial charge is 0.387 e. The SMILES string of the molecule is CN(Cc1cnn(C)c1)CC(O)c1ccc(S(C)(=O)=O)cc1. The minimum atomic E-state index is -3.21. The van der Waals surface area contributed by atoms with E-state index in [1.165, 1.54) is 18.4 Å². The van der Waals surface area contributed by atoms with Gasteiger partial charge in [0.25, 0.3) is 0 Å². The predicted octanol–water partition coefficient (Wildman–Crippen LogP) is 0.989. The maximum absolute atomic E-state index is 11.4. The smallest absolute Gasteiger partial charge is 0.175 e. The lowest BCUT2D eigenvalue weighted by atomic mass is 10.1. The average Bonchev–Trinajstić information content (AvgIpc) is 2.83. The van der Waals surface area contributed by atoms with Gasteiger partial charge in [-0.2, -0.15) is 5.10 Å². The quantitative estimate of drug-likeness (QED) is 0.858. The Balaban J connectivity index is 1.98. The molecule has 7 heteroatoms. The van der Waals surface area contributed by atoms with Crippen LogP contribution < -0.4 is 0 Å². The molecule has 0 bridgehead atoms. The van der Waals surface area contributed by atoms with Crippen LogP contribution in [0.5, 0.6) is 0 Å². The third-order valence-corrected chi connectivity index (χ3v) is 4.52. The Morgan fingerprint density at radius 3 is 2.45 bits per heavy atom. The van der Waals surface area contributed by atoms with Crippen molar-refractivity contribution in [2.24, 2.45) is 7.05 Å². The van der Waals surface area contributed by atoms with E-state index >= 15 is 0 Å². The van der Waals surface area contributed by atoms with Crippen molar-refractivity contribution in [3.8, 4) is 0 Å². The third kappa shape index (κ3) is 4.40. The summed E-state index contributed by atoms with van der Waals surface area (Å²) in [7, 11) is 0.573. The lowest BCUT2D eigenvalue weighted by molar-refractivity contribution is 0.124. The Morgan fingerprint density at radius 2 is 1.95 bits per heavy atom.